The first-order valence-corrected chi connectivity index (χ1v) is 9.90. The smallest absolute Gasteiger partial charge is 0.259 e. The fourth-order valence-corrected chi connectivity index (χ4v) is 5.15. The number of rotatable bonds is 5. The van der Waals surface area contributed by atoms with Gasteiger partial charge in [0.05, 0.1) is 22.3 Å². The van der Waals surface area contributed by atoms with Crippen molar-refractivity contribution in [2.75, 3.05) is 6.61 Å². The van der Waals surface area contributed by atoms with Crippen LogP contribution in [0.1, 0.15) is 54.1 Å². The highest BCUT2D eigenvalue weighted by Crippen LogP contribution is 2.66. The summed E-state index contributed by atoms with van der Waals surface area (Å²) in [7, 11) is 0. The highest BCUT2D eigenvalue weighted by atomic mass is 16.5. The topological polar surface area (TPSA) is 88.2 Å². The minimum absolute atomic E-state index is 0.0480. The number of carbonyl (C=O) groups is 1. The number of amides is 1. The van der Waals surface area contributed by atoms with Gasteiger partial charge >= 0.3 is 0 Å². The lowest BCUT2D eigenvalue weighted by Gasteiger charge is -2.70. The van der Waals surface area contributed by atoms with E-state index in [4.69, 9.17) is 4.52 Å². The molecule has 4 saturated carbocycles. The van der Waals surface area contributed by atoms with Gasteiger partial charge in [-0.05, 0) is 38.2 Å². The van der Waals surface area contributed by atoms with Crippen molar-refractivity contribution in [2.45, 2.75) is 43.6 Å². The maximum Gasteiger partial charge on any atom is 0.259 e. The van der Waals surface area contributed by atoms with E-state index < -0.39 is 0 Å². The number of nitrogens with zero attached hydrogens (tertiary/aromatic N) is 2. The van der Waals surface area contributed by atoms with Crippen LogP contribution in [-0.2, 0) is 0 Å². The van der Waals surface area contributed by atoms with Crippen LogP contribution in [0.2, 0.25) is 0 Å². The minimum Gasteiger partial charge on any atom is -0.396 e. The standard InChI is InChI=1S/C22H21N3O3/c26-12-21-9-22(10-21,11-21)24-19(27)15-8-16(13-4-2-1-3-5-13)23-20-17(15)18(25-28-20)14-6-7-14/h1-5,8,14,26H,6-7,9-12H2,(H,24,27). The molecule has 0 atom stereocenters. The predicted molar refractivity (Wildman–Crippen MR) is 103 cm³/mol. The fraction of sp³-hybridized carbons (Fsp3) is 0.409. The molecule has 7 rings (SSSR count). The highest BCUT2D eigenvalue weighted by molar-refractivity contribution is 6.07. The summed E-state index contributed by atoms with van der Waals surface area (Å²) < 4.78 is 5.54. The SMILES string of the molecule is O=C(NC12CC(CO)(C1)C2)c1cc(-c2ccccc2)nc2onc(C3CC3)c12. The lowest BCUT2D eigenvalue weighted by atomic mass is 9.39. The van der Waals surface area contributed by atoms with Crippen molar-refractivity contribution >= 4 is 17.0 Å². The van der Waals surface area contributed by atoms with Crippen molar-refractivity contribution in [3.8, 4) is 11.3 Å². The van der Waals surface area contributed by atoms with Gasteiger partial charge in [-0.1, -0.05) is 35.5 Å². The third-order valence-electron chi connectivity index (χ3n) is 6.61. The van der Waals surface area contributed by atoms with E-state index in [1.165, 1.54) is 0 Å². The van der Waals surface area contributed by atoms with Crippen LogP contribution in [0.3, 0.4) is 0 Å². The maximum absolute atomic E-state index is 13.3. The Balaban J connectivity index is 1.42. The van der Waals surface area contributed by atoms with E-state index in [-0.39, 0.29) is 23.5 Å². The van der Waals surface area contributed by atoms with Gasteiger partial charge in [0.25, 0.3) is 11.6 Å². The number of hydrogen-bond donors (Lipinski definition) is 2. The number of fused-ring (bicyclic) bond motifs is 1. The number of nitrogens with one attached hydrogen (secondary N) is 1. The molecule has 0 aliphatic heterocycles. The molecule has 2 bridgehead atoms. The number of aliphatic hydroxyl groups is 1. The second-order valence-corrected chi connectivity index (χ2v) is 8.87. The van der Waals surface area contributed by atoms with Gasteiger partial charge in [-0.3, -0.25) is 4.79 Å². The Bertz CT molecular complexity index is 1080. The summed E-state index contributed by atoms with van der Waals surface area (Å²) in [4.78, 5) is 17.9. The molecule has 4 aliphatic rings. The summed E-state index contributed by atoms with van der Waals surface area (Å²) in [6.45, 7) is 0.208. The number of benzene rings is 1. The molecule has 142 valence electrons. The summed E-state index contributed by atoms with van der Waals surface area (Å²) >= 11 is 0. The number of carbonyl (C=O) groups excluding carboxylic acids is 1. The lowest BCUT2D eigenvalue weighted by Crippen LogP contribution is -2.75. The van der Waals surface area contributed by atoms with Crippen LogP contribution in [-0.4, -0.2) is 33.3 Å². The monoisotopic (exact) mass is 375 g/mol. The van der Waals surface area contributed by atoms with Crippen LogP contribution in [0.15, 0.2) is 40.9 Å². The van der Waals surface area contributed by atoms with Crippen LogP contribution in [0, 0.1) is 5.41 Å². The van der Waals surface area contributed by atoms with E-state index in [0.717, 1.165) is 48.7 Å². The van der Waals surface area contributed by atoms with E-state index in [2.05, 4.69) is 15.5 Å². The van der Waals surface area contributed by atoms with Crippen LogP contribution >= 0.6 is 0 Å². The molecule has 1 amide bonds. The zero-order chi connectivity index (χ0) is 18.9. The van der Waals surface area contributed by atoms with Crippen molar-refractivity contribution < 1.29 is 14.4 Å². The summed E-state index contributed by atoms with van der Waals surface area (Å²) in [5.41, 5.74) is 3.42. The molecular formula is C22H21N3O3. The molecule has 6 heteroatoms. The van der Waals surface area contributed by atoms with Crippen molar-refractivity contribution in [2.24, 2.45) is 5.41 Å². The Hall–Kier alpha value is -2.73. The predicted octanol–water partition coefficient (Wildman–Crippen LogP) is 3.41. The van der Waals surface area contributed by atoms with Crippen LogP contribution in [0.5, 0.6) is 0 Å². The van der Waals surface area contributed by atoms with Gasteiger partial charge < -0.3 is 14.9 Å². The Morgan fingerprint density at radius 1 is 1.21 bits per heavy atom. The van der Waals surface area contributed by atoms with Gasteiger partial charge in [0.1, 0.15) is 0 Å². The molecule has 2 aromatic heterocycles. The molecule has 6 nitrogen and oxygen atoms in total. The van der Waals surface area contributed by atoms with Crippen molar-refractivity contribution in [1.29, 1.82) is 0 Å². The normalized spacial score (nSPS) is 27.9. The quantitative estimate of drug-likeness (QED) is 0.713. The molecule has 4 aliphatic carbocycles. The van der Waals surface area contributed by atoms with Crippen LogP contribution in [0.4, 0.5) is 0 Å². The first kappa shape index (κ1) is 16.2. The minimum atomic E-state index is -0.154. The van der Waals surface area contributed by atoms with Gasteiger partial charge in [-0.2, -0.15) is 0 Å². The van der Waals surface area contributed by atoms with E-state index in [1.807, 2.05) is 36.4 Å². The largest absolute Gasteiger partial charge is 0.396 e. The summed E-state index contributed by atoms with van der Waals surface area (Å²) in [5, 5.41) is 17.7. The third-order valence-corrected chi connectivity index (χ3v) is 6.61. The van der Waals surface area contributed by atoms with Crippen LogP contribution < -0.4 is 5.32 Å². The molecular weight excluding hydrogens is 354 g/mol. The Kier molecular flexibility index (Phi) is 3.14. The maximum atomic E-state index is 13.3. The second kappa shape index (κ2) is 5.41. The molecule has 4 fully saturated rings. The van der Waals surface area contributed by atoms with E-state index in [0.29, 0.717) is 22.9 Å². The van der Waals surface area contributed by atoms with Crippen molar-refractivity contribution in [3.05, 3.63) is 47.7 Å². The molecule has 3 aromatic rings. The van der Waals surface area contributed by atoms with E-state index >= 15 is 0 Å². The number of aromatic nitrogens is 2. The first-order chi connectivity index (χ1) is 13.6. The van der Waals surface area contributed by atoms with Gasteiger partial charge in [0, 0.05) is 29.0 Å². The van der Waals surface area contributed by atoms with Gasteiger partial charge in [0.15, 0.2) is 0 Å². The van der Waals surface area contributed by atoms with Crippen molar-refractivity contribution in [3.63, 3.8) is 0 Å². The number of hydrogen-bond acceptors (Lipinski definition) is 5. The van der Waals surface area contributed by atoms with E-state index in [9.17, 15) is 9.90 Å². The summed E-state index contributed by atoms with van der Waals surface area (Å²) in [6.07, 6.45) is 4.74. The summed E-state index contributed by atoms with van der Waals surface area (Å²) in [6, 6.07) is 11.7. The molecule has 0 unspecified atom stereocenters. The molecule has 2 N–H and O–H groups in total. The van der Waals surface area contributed by atoms with Crippen LogP contribution in [0.25, 0.3) is 22.4 Å². The number of pyridine rings is 1. The lowest BCUT2D eigenvalue weighted by molar-refractivity contribution is -0.172. The zero-order valence-electron chi connectivity index (χ0n) is 15.4. The molecule has 0 spiro atoms. The number of aliphatic hydroxyl groups excluding tert-OH is 1. The van der Waals surface area contributed by atoms with E-state index in [1.54, 1.807) is 0 Å². The molecule has 2 heterocycles. The van der Waals surface area contributed by atoms with Gasteiger partial charge in [-0.25, -0.2) is 4.98 Å². The Labute approximate surface area is 161 Å². The highest BCUT2D eigenvalue weighted by Gasteiger charge is 2.68. The van der Waals surface area contributed by atoms with Gasteiger partial charge in [0.2, 0.25) is 0 Å². The average molecular weight is 375 g/mol. The fourth-order valence-electron chi connectivity index (χ4n) is 5.15. The molecule has 0 saturated heterocycles. The average Bonchev–Trinajstić information content (AvgIpc) is 3.42. The first-order valence-electron chi connectivity index (χ1n) is 9.90. The summed E-state index contributed by atoms with van der Waals surface area (Å²) in [5.74, 6) is 0.269. The van der Waals surface area contributed by atoms with Crippen molar-refractivity contribution in [1.82, 2.24) is 15.5 Å². The third kappa shape index (κ3) is 2.27. The molecule has 28 heavy (non-hydrogen) atoms. The Morgan fingerprint density at radius 2 is 1.96 bits per heavy atom. The second-order valence-electron chi connectivity index (χ2n) is 8.87. The van der Waals surface area contributed by atoms with Gasteiger partial charge in [-0.15, -0.1) is 0 Å². The zero-order valence-corrected chi connectivity index (χ0v) is 15.4. The Morgan fingerprint density at radius 3 is 2.64 bits per heavy atom. The molecule has 0 radical (unpaired) electrons. The molecule has 1 aromatic carbocycles.